The first-order valence-corrected chi connectivity index (χ1v) is 10.8. The van der Waals surface area contributed by atoms with Crippen LogP contribution in [0.15, 0.2) is 18.2 Å². The van der Waals surface area contributed by atoms with Crippen molar-refractivity contribution in [2.75, 3.05) is 49.6 Å². The van der Waals surface area contributed by atoms with E-state index in [9.17, 15) is 9.59 Å². The van der Waals surface area contributed by atoms with Crippen LogP contribution in [-0.4, -0.2) is 62.2 Å². The standard InChI is InChI=1S/C22H31N3O4/c1-16-22(27)25(10-9-24-11-13-28-14-12-24)19-15-18(7-8-20(19)29-16)23-21(26)17-5-3-2-4-6-17/h7-8,15-17H,2-6,9-14H2,1H3,(H,23,26). The molecule has 1 saturated heterocycles. The van der Waals surface area contributed by atoms with Gasteiger partial charge in [-0.15, -0.1) is 0 Å². The van der Waals surface area contributed by atoms with Crippen molar-refractivity contribution in [2.45, 2.75) is 45.1 Å². The summed E-state index contributed by atoms with van der Waals surface area (Å²) >= 11 is 0. The number of benzene rings is 1. The van der Waals surface area contributed by atoms with Crippen LogP contribution >= 0.6 is 0 Å². The fourth-order valence-electron chi connectivity index (χ4n) is 4.39. The zero-order valence-electron chi connectivity index (χ0n) is 17.2. The number of fused-ring (bicyclic) bond motifs is 1. The molecular weight excluding hydrogens is 370 g/mol. The van der Waals surface area contributed by atoms with Gasteiger partial charge in [0.1, 0.15) is 5.75 Å². The van der Waals surface area contributed by atoms with Crippen LogP contribution in [0, 0.1) is 5.92 Å². The molecule has 1 aromatic carbocycles. The summed E-state index contributed by atoms with van der Waals surface area (Å²) in [5.41, 5.74) is 1.46. The summed E-state index contributed by atoms with van der Waals surface area (Å²) in [5, 5.41) is 3.05. The van der Waals surface area contributed by atoms with Gasteiger partial charge in [-0.2, -0.15) is 0 Å². The Bertz CT molecular complexity index is 742. The summed E-state index contributed by atoms with van der Waals surface area (Å²) in [6, 6.07) is 5.60. The first-order valence-electron chi connectivity index (χ1n) is 10.8. The Morgan fingerprint density at radius 2 is 1.90 bits per heavy atom. The molecule has 1 aromatic rings. The molecule has 0 spiro atoms. The average Bonchev–Trinajstić information content (AvgIpc) is 2.76. The number of hydrogen-bond acceptors (Lipinski definition) is 5. The maximum absolute atomic E-state index is 12.8. The molecule has 4 rings (SSSR count). The number of ether oxygens (including phenoxy) is 2. The fraction of sp³-hybridized carbons (Fsp3) is 0.636. The molecule has 0 aromatic heterocycles. The van der Waals surface area contributed by atoms with Crippen LogP contribution in [0.5, 0.6) is 5.75 Å². The normalized spacial score (nSPS) is 23.4. The molecule has 1 aliphatic carbocycles. The molecular formula is C22H31N3O4. The van der Waals surface area contributed by atoms with Crippen molar-refractivity contribution in [1.29, 1.82) is 0 Å². The number of carbonyl (C=O) groups excluding carboxylic acids is 2. The van der Waals surface area contributed by atoms with E-state index in [-0.39, 0.29) is 17.7 Å². The van der Waals surface area contributed by atoms with Crippen LogP contribution in [0.25, 0.3) is 0 Å². The van der Waals surface area contributed by atoms with Gasteiger partial charge in [-0.25, -0.2) is 0 Å². The molecule has 1 unspecified atom stereocenters. The quantitative estimate of drug-likeness (QED) is 0.821. The van der Waals surface area contributed by atoms with Crippen molar-refractivity contribution < 1.29 is 19.1 Å². The van der Waals surface area contributed by atoms with Gasteiger partial charge in [-0.05, 0) is 38.0 Å². The predicted octanol–water partition coefficient (Wildman–Crippen LogP) is 2.65. The number of anilines is 2. The highest BCUT2D eigenvalue weighted by molar-refractivity contribution is 6.01. The molecule has 1 N–H and O–H groups in total. The summed E-state index contributed by atoms with van der Waals surface area (Å²) in [6.45, 7) is 6.42. The van der Waals surface area contributed by atoms with Crippen molar-refractivity contribution in [2.24, 2.45) is 5.92 Å². The number of nitrogens with one attached hydrogen (secondary N) is 1. The molecule has 2 heterocycles. The van der Waals surface area contributed by atoms with E-state index in [2.05, 4.69) is 10.2 Å². The van der Waals surface area contributed by atoms with E-state index in [1.807, 2.05) is 18.2 Å². The number of amides is 2. The van der Waals surface area contributed by atoms with E-state index in [1.54, 1.807) is 11.8 Å². The Morgan fingerprint density at radius 1 is 1.14 bits per heavy atom. The monoisotopic (exact) mass is 401 g/mol. The summed E-state index contributed by atoms with van der Waals surface area (Å²) < 4.78 is 11.2. The molecule has 1 saturated carbocycles. The van der Waals surface area contributed by atoms with Gasteiger partial charge in [0.2, 0.25) is 5.91 Å². The molecule has 7 nitrogen and oxygen atoms in total. The van der Waals surface area contributed by atoms with E-state index in [0.717, 1.165) is 69.9 Å². The fourth-order valence-corrected chi connectivity index (χ4v) is 4.39. The van der Waals surface area contributed by atoms with E-state index in [1.165, 1.54) is 6.42 Å². The van der Waals surface area contributed by atoms with Crippen molar-refractivity contribution in [3.63, 3.8) is 0 Å². The molecule has 7 heteroatoms. The van der Waals surface area contributed by atoms with Crippen LogP contribution in [-0.2, 0) is 14.3 Å². The Morgan fingerprint density at radius 3 is 2.66 bits per heavy atom. The van der Waals surface area contributed by atoms with Crippen LogP contribution in [0.1, 0.15) is 39.0 Å². The van der Waals surface area contributed by atoms with Crippen molar-refractivity contribution in [3.05, 3.63) is 18.2 Å². The first-order chi connectivity index (χ1) is 14.1. The van der Waals surface area contributed by atoms with Gasteiger partial charge in [0, 0.05) is 37.8 Å². The second kappa shape index (κ2) is 9.13. The minimum atomic E-state index is -0.505. The molecule has 0 radical (unpaired) electrons. The van der Waals surface area contributed by atoms with Gasteiger partial charge >= 0.3 is 0 Å². The van der Waals surface area contributed by atoms with Crippen LogP contribution in [0.4, 0.5) is 11.4 Å². The minimum Gasteiger partial charge on any atom is -0.479 e. The largest absolute Gasteiger partial charge is 0.479 e. The highest BCUT2D eigenvalue weighted by atomic mass is 16.5. The number of rotatable bonds is 5. The topological polar surface area (TPSA) is 71.1 Å². The lowest BCUT2D eigenvalue weighted by Gasteiger charge is -2.35. The lowest BCUT2D eigenvalue weighted by Crippen LogP contribution is -2.48. The lowest BCUT2D eigenvalue weighted by atomic mass is 9.88. The summed E-state index contributed by atoms with van der Waals surface area (Å²) in [6.07, 6.45) is 4.88. The van der Waals surface area contributed by atoms with Gasteiger partial charge in [-0.1, -0.05) is 19.3 Å². The zero-order valence-corrected chi connectivity index (χ0v) is 17.2. The number of carbonyl (C=O) groups is 2. The summed E-state index contributed by atoms with van der Waals surface area (Å²) in [5.74, 6) is 0.826. The summed E-state index contributed by atoms with van der Waals surface area (Å²) in [4.78, 5) is 29.5. The van der Waals surface area contributed by atoms with Crippen LogP contribution < -0.4 is 15.0 Å². The van der Waals surface area contributed by atoms with Gasteiger partial charge in [0.05, 0.1) is 18.9 Å². The van der Waals surface area contributed by atoms with Crippen LogP contribution in [0.3, 0.4) is 0 Å². The molecule has 2 fully saturated rings. The SMILES string of the molecule is CC1Oc2ccc(NC(=O)C3CCCCC3)cc2N(CCN2CCOCC2)C1=O. The third-order valence-electron chi connectivity index (χ3n) is 6.15. The maximum Gasteiger partial charge on any atom is 0.267 e. The minimum absolute atomic E-state index is 0.0403. The second-order valence-electron chi connectivity index (χ2n) is 8.21. The van der Waals surface area contributed by atoms with E-state index in [4.69, 9.17) is 9.47 Å². The molecule has 1 atom stereocenters. The Hall–Kier alpha value is -2.12. The number of hydrogen-bond donors (Lipinski definition) is 1. The van der Waals surface area contributed by atoms with Gasteiger partial charge in [0.25, 0.3) is 5.91 Å². The maximum atomic E-state index is 12.8. The number of nitrogens with zero attached hydrogens (tertiary/aromatic N) is 2. The van der Waals surface area contributed by atoms with E-state index in [0.29, 0.717) is 12.3 Å². The van der Waals surface area contributed by atoms with Crippen molar-refractivity contribution >= 4 is 23.2 Å². The molecule has 2 aliphatic heterocycles. The highest BCUT2D eigenvalue weighted by Crippen LogP contribution is 2.36. The Kier molecular flexibility index (Phi) is 6.35. The third-order valence-corrected chi connectivity index (χ3v) is 6.15. The molecule has 158 valence electrons. The molecule has 2 amide bonds. The van der Waals surface area contributed by atoms with E-state index < -0.39 is 6.10 Å². The van der Waals surface area contributed by atoms with Gasteiger partial charge < -0.3 is 19.7 Å². The van der Waals surface area contributed by atoms with Gasteiger partial charge in [0.15, 0.2) is 6.10 Å². The molecule has 0 bridgehead atoms. The van der Waals surface area contributed by atoms with E-state index >= 15 is 0 Å². The van der Waals surface area contributed by atoms with Crippen LogP contribution in [0.2, 0.25) is 0 Å². The predicted molar refractivity (Wildman–Crippen MR) is 111 cm³/mol. The molecule has 29 heavy (non-hydrogen) atoms. The number of morpholine rings is 1. The van der Waals surface area contributed by atoms with Crippen molar-refractivity contribution in [1.82, 2.24) is 4.90 Å². The Labute approximate surface area is 172 Å². The molecule has 3 aliphatic rings. The summed E-state index contributed by atoms with van der Waals surface area (Å²) in [7, 11) is 0. The second-order valence-corrected chi connectivity index (χ2v) is 8.21. The van der Waals surface area contributed by atoms with Crippen molar-refractivity contribution in [3.8, 4) is 5.75 Å². The smallest absolute Gasteiger partial charge is 0.267 e. The first kappa shape index (κ1) is 20.2. The Balaban J connectivity index is 1.48. The third kappa shape index (κ3) is 4.73. The average molecular weight is 402 g/mol. The zero-order chi connectivity index (χ0) is 20.2. The highest BCUT2D eigenvalue weighted by Gasteiger charge is 2.32. The lowest BCUT2D eigenvalue weighted by molar-refractivity contribution is -0.125. The van der Waals surface area contributed by atoms with Gasteiger partial charge in [-0.3, -0.25) is 14.5 Å².